The van der Waals surface area contributed by atoms with Gasteiger partial charge in [0.1, 0.15) is 17.5 Å². The van der Waals surface area contributed by atoms with Crippen molar-refractivity contribution in [2.24, 2.45) is 0 Å². The van der Waals surface area contributed by atoms with Crippen LogP contribution in [0.5, 0.6) is 11.5 Å². The van der Waals surface area contributed by atoms with Crippen LogP contribution in [0, 0.1) is 30.4 Å². The molecule has 56 heavy (non-hydrogen) atoms. The molecule has 0 saturated heterocycles. The Bertz CT molecular complexity index is 2700. The second kappa shape index (κ2) is 15.0. The summed E-state index contributed by atoms with van der Waals surface area (Å²) in [6.45, 7) is 10.7. The number of halogens is 2. The number of hydrogen-bond donors (Lipinski definition) is 0. The van der Waals surface area contributed by atoms with E-state index in [1.807, 2.05) is 78.3 Å². The van der Waals surface area contributed by atoms with E-state index in [2.05, 4.69) is 91.8 Å². The van der Waals surface area contributed by atoms with Crippen LogP contribution in [0.15, 0.2) is 134 Å². The van der Waals surface area contributed by atoms with Crippen molar-refractivity contribution in [2.75, 3.05) is 9.80 Å². The van der Waals surface area contributed by atoms with E-state index in [4.69, 9.17) is 4.74 Å². The Labute approximate surface area is 340 Å². The number of hydrogen-bond acceptors (Lipinski definition) is 4. The molecule has 0 atom stereocenters. The van der Waals surface area contributed by atoms with Crippen LogP contribution in [0.3, 0.4) is 0 Å². The molecule has 0 N–H and O–H groups in total. The molecule has 282 valence electrons. The van der Waals surface area contributed by atoms with Crippen molar-refractivity contribution in [1.29, 1.82) is 0 Å². The number of nitrogens with zero attached hydrogens (tertiary/aromatic N) is 4. The molecule has 0 amide bonds. The zero-order chi connectivity index (χ0) is 37.8. The van der Waals surface area contributed by atoms with E-state index in [9.17, 15) is 4.39 Å². The molecule has 0 radical (unpaired) electrons. The summed E-state index contributed by atoms with van der Waals surface area (Å²) in [4.78, 5) is 8.40. The van der Waals surface area contributed by atoms with Gasteiger partial charge in [-0.1, -0.05) is 87.8 Å². The molecule has 3 heterocycles. The summed E-state index contributed by atoms with van der Waals surface area (Å²) < 4.78 is 38.2. The number of benzene rings is 6. The fraction of sp³-hybridized carbons (Fsp3) is 0.125. The van der Waals surface area contributed by atoms with Crippen LogP contribution in [-0.2, 0) is 21.1 Å². The summed E-state index contributed by atoms with van der Waals surface area (Å²) in [6.07, 6.45) is 1.79. The van der Waals surface area contributed by atoms with Crippen molar-refractivity contribution >= 4 is 44.6 Å². The normalized spacial score (nSPS) is 12.5. The maximum atomic E-state index is 15.3. The minimum Gasteiger partial charge on any atom is -0.509 e. The van der Waals surface area contributed by atoms with Crippen LogP contribution in [-0.4, -0.2) is 9.55 Å². The van der Waals surface area contributed by atoms with Crippen molar-refractivity contribution in [1.82, 2.24) is 9.55 Å². The minimum atomic E-state index is -0.656. The number of fused-ring (bicyclic) bond motifs is 4. The third-order valence-electron chi connectivity index (χ3n) is 10.2. The van der Waals surface area contributed by atoms with Crippen LogP contribution < -0.4 is 14.5 Å². The van der Waals surface area contributed by atoms with Gasteiger partial charge >= 0.3 is 0 Å². The molecular weight excluding hydrogens is 882 g/mol. The van der Waals surface area contributed by atoms with Crippen molar-refractivity contribution in [2.45, 2.75) is 39.5 Å². The van der Waals surface area contributed by atoms with E-state index >= 15 is 4.39 Å². The molecule has 9 rings (SSSR count). The zero-order valence-electron chi connectivity index (χ0n) is 31.2. The standard InChI is InChI=1S/C48H37F2N4O.Pt/c1-30(2)37-13-11-14-38(31(3)4)48(37)32-24-34(52-29-53(45-17-8-7-16-44(45)52)43-22-19-33(49)26-41(43)50)27-36(25-32)55-35-20-21-40-39-12-5-6-15-42(39)54(46(40)28-35)47-18-9-10-23-51-47;/h5-26,29-31H,1-4H3;/q-3;. The third-order valence-corrected chi connectivity index (χ3v) is 10.2. The molecule has 8 aromatic rings. The smallest absolute Gasteiger partial charge is 0.147 e. The first-order valence-electron chi connectivity index (χ1n) is 18.5. The number of anilines is 4. The molecule has 0 aliphatic carbocycles. The van der Waals surface area contributed by atoms with E-state index in [-0.39, 0.29) is 38.6 Å². The third kappa shape index (κ3) is 6.54. The van der Waals surface area contributed by atoms with Crippen molar-refractivity contribution in [3.8, 4) is 28.4 Å². The Balaban J connectivity index is 0.00000441. The molecule has 0 unspecified atom stereocenters. The number of ether oxygens (including phenoxy) is 1. The minimum absolute atomic E-state index is 0. The summed E-state index contributed by atoms with van der Waals surface area (Å²) >= 11 is 0. The second-order valence-electron chi connectivity index (χ2n) is 14.4. The average Bonchev–Trinajstić information content (AvgIpc) is 3.74. The average molecular weight is 919 g/mol. The topological polar surface area (TPSA) is 33.5 Å². The Kier molecular flexibility index (Phi) is 9.98. The molecule has 8 heteroatoms. The molecular formula is C48H37F2N4OPt-3. The van der Waals surface area contributed by atoms with E-state index in [0.29, 0.717) is 17.2 Å². The van der Waals surface area contributed by atoms with Crippen molar-refractivity contribution in [3.05, 3.63) is 175 Å². The Morgan fingerprint density at radius 1 is 0.643 bits per heavy atom. The predicted molar refractivity (Wildman–Crippen MR) is 218 cm³/mol. The first-order chi connectivity index (χ1) is 26.7. The Morgan fingerprint density at radius 2 is 1.36 bits per heavy atom. The van der Waals surface area contributed by atoms with Crippen LogP contribution in [0.4, 0.5) is 31.5 Å². The first kappa shape index (κ1) is 37.2. The summed E-state index contributed by atoms with van der Waals surface area (Å²) in [5, 5.41) is 2.13. The SMILES string of the molecule is CC(C)c1cccc(C(C)C)c1-c1cc(Oc2[c-]c3c(cc2)c2ccccc2n3-c2ccccn2)[c-]c(N2[CH-]N(c3ccc(F)cc3F)c3ccccc32)c1.[Pt]. The zero-order valence-corrected chi connectivity index (χ0v) is 33.5. The van der Waals surface area contributed by atoms with Gasteiger partial charge in [-0.3, -0.25) is 0 Å². The van der Waals surface area contributed by atoms with E-state index < -0.39 is 11.6 Å². The summed E-state index contributed by atoms with van der Waals surface area (Å²) in [5.41, 5.74) is 8.95. The largest absolute Gasteiger partial charge is 0.509 e. The van der Waals surface area contributed by atoms with Crippen LogP contribution >= 0.6 is 0 Å². The maximum absolute atomic E-state index is 15.3. The monoisotopic (exact) mass is 918 g/mol. The fourth-order valence-electron chi connectivity index (χ4n) is 7.69. The number of rotatable bonds is 8. The van der Waals surface area contributed by atoms with Gasteiger partial charge < -0.3 is 19.1 Å². The molecule has 0 spiro atoms. The van der Waals surface area contributed by atoms with Gasteiger partial charge in [0.15, 0.2) is 0 Å². The molecule has 0 fully saturated rings. The van der Waals surface area contributed by atoms with E-state index in [1.165, 1.54) is 23.3 Å². The van der Waals surface area contributed by atoms with Crippen LogP contribution in [0.1, 0.15) is 50.7 Å². The molecule has 0 saturated carbocycles. The van der Waals surface area contributed by atoms with Gasteiger partial charge in [0.25, 0.3) is 0 Å². The van der Waals surface area contributed by atoms with Gasteiger partial charge in [-0.15, -0.1) is 53.6 Å². The van der Waals surface area contributed by atoms with Gasteiger partial charge in [-0.2, -0.15) is 6.07 Å². The molecule has 1 aliphatic rings. The van der Waals surface area contributed by atoms with Gasteiger partial charge in [0.05, 0.1) is 0 Å². The molecule has 0 bridgehead atoms. The Hall–Kier alpha value is -5.78. The van der Waals surface area contributed by atoms with E-state index in [1.54, 1.807) is 11.1 Å². The summed E-state index contributed by atoms with van der Waals surface area (Å²) in [5.74, 6) is 1.03. The number of pyridine rings is 1. The van der Waals surface area contributed by atoms with Crippen LogP contribution in [0.25, 0.3) is 38.8 Å². The van der Waals surface area contributed by atoms with Gasteiger partial charge in [-0.25, -0.2) is 13.8 Å². The summed E-state index contributed by atoms with van der Waals surface area (Å²) in [6, 6.07) is 47.3. The number of aromatic nitrogens is 2. The van der Waals surface area contributed by atoms with E-state index in [0.717, 1.165) is 56.2 Å². The molecule has 5 nitrogen and oxygen atoms in total. The Morgan fingerprint density at radius 3 is 2.07 bits per heavy atom. The van der Waals surface area contributed by atoms with Crippen molar-refractivity contribution < 1.29 is 34.6 Å². The predicted octanol–water partition coefficient (Wildman–Crippen LogP) is 13.2. The maximum Gasteiger partial charge on any atom is 0.147 e. The fourth-order valence-corrected chi connectivity index (χ4v) is 7.69. The molecule has 6 aromatic carbocycles. The van der Waals surface area contributed by atoms with Crippen LogP contribution in [0.2, 0.25) is 0 Å². The quantitative estimate of drug-likeness (QED) is 0.142. The first-order valence-corrected chi connectivity index (χ1v) is 18.5. The second-order valence-corrected chi connectivity index (χ2v) is 14.4. The van der Waals surface area contributed by atoms with Gasteiger partial charge in [-0.05, 0) is 76.4 Å². The van der Waals surface area contributed by atoms with Gasteiger partial charge in [0.2, 0.25) is 0 Å². The van der Waals surface area contributed by atoms with Crippen molar-refractivity contribution in [3.63, 3.8) is 0 Å². The number of para-hydroxylation sites is 3. The molecule has 1 aliphatic heterocycles. The van der Waals surface area contributed by atoms with Gasteiger partial charge in [0, 0.05) is 67.4 Å². The molecule has 2 aromatic heterocycles. The summed E-state index contributed by atoms with van der Waals surface area (Å²) in [7, 11) is 0.